The van der Waals surface area contributed by atoms with Crippen LogP contribution in [0.4, 0.5) is 26.3 Å². The number of aldehydes is 1. The number of carbonyl (C=O) groups is 2. The van der Waals surface area contributed by atoms with Gasteiger partial charge in [-0.2, -0.15) is 26.3 Å². The van der Waals surface area contributed by atoms with Crippen molar-refractivity contribution >= 4 is 12.3 Å². The van der Waals surface area contributed by atoms with E-state index in [0.29, 0.717) is 24.2 Å². The third-order valence-corrected chi connectivity index (χ3v) is 5.38. The standard InChI is InChI=1S/C14H15NO.C9H4F6O.C8H8O2/c15-11-10-12-6-8-14(9-7-12)16-13-4-2-1-3-5-13;10-8(11,12)6-1-5(4-16)2-7(3-6)9(13,14)15;1-6-2-4-7(5-3-6)8(9)10/h1-9H,10-11,15H2;1-4H;2-5H,1H3,(H,9,10). The van der Waals surface area contributed by atoms with E-state index in [-0.39, 0.29) is 12.4 Å². The number of carboxylic acids is 1. The summed E-state index contributed by atoms with van der Waals surface area (Å²) < 4.78 is 78.8. The average Bonchev–Trinajstić information content (AvgIpc) is 2.94. The van der Waals surface area contributed by atoms with Gasteiger partial charge in [-0.05, 0) is 80.1 Å². The minimum atomic E-state index is -4.92. The first kappa shape index (κ1) is 33.6. The minimum Gasteiger partial charge on any atom is -0.478 e. The van der Waals surface area contributed by atoms with Crippen molar-refractivity contribution in [3.8, 4) is 11.5 Å². The SMILES string of the molecule is Cc1ccc(C(=O)O)cc1.NCCc1ccc(Oc2ccccc2)cc1.O=Cc1cc(C(F)(F)F)cc(C(F)(F)F)c1. The molecule has 0 saturated carbocycles. The monoisotopic (exact) mass is 591 g/mol. The van der Waals surface area contributed by atoms with Gasteiger partial charge in [0.05, 0.1) is 16.7 Å². The van der Waals surface area contributed by atoms with Gasteiger partial charge in [0.1, 0.15) is 17.8 Å². The van der Waals surface area contributed by atoms with E-state index in [0.717, 1.165) is 23.5 Å². The number of para-hydroxylation sites is 1. The van der Waals surface area contributed by atoms with Crippen molar-refractivity contribution in [3.63, 3.8) is 0 Å². The van der Waals surface area contributed by atoms with Gasteiger partial charge >= 0.3 is 18.3 Å². The first-order chi connectivity index (χ1) is 19.7. The molecule has 4 aromatic rings. The highest BCUT2D eigenvalue weighted by molar-refractivity contribution is 5.87. The number of aromatic carboxylic acids is 1. The first-order valence-corrected chi connectivity index (χ1v) is 12.3. The maximum absolute atomic E-state index is 12.2. The number of hydrogen-bond donors (Lipinski definition) is 2. The predicted molar refractivity (Wildman–Crippen MR) is 146 cm³/mol. The predicted octanol–water partition coefficient (Wildman–Crippen LogP) is 8.21. The summed E-state index contributed by atoms with van der Waals surface area (Å²) in [7, 11) is 0. The van der Waals surface area contributed by atoms with Crippen LogP contribution in [0.15, 0.2) is 97.1 Å². The smallest absolute Gasteiger partial charge is 0.416 e. The highest BCUT2D eigenvalue weighted by atomic mass is 19.4. The van der Waals surface area contributed by atoms with Gasteiger partial charge < -0.3 is 15.6 Å². The van der Waals surface area contributed by atoms with Crippen molar-refractivity contribution in [3.05, 3.63) is 130 Å². The summed E-state index contributed by atoms with van der Waals surface area (Å²) in [5, 5.41) is 8.48. The zero-order valence-corrected chi connectivity index (χ0v) is 22.2. The Hall–Kier alpha value is -4.64. The van der Waals surface area contributed by atoms with E-state index in [4.69, 9.17) is 15.6 Å². The third kappa shape index (κ3) is 11.5. The lowest BCUT2D eigenvalue weighted by molar-refractivity contribution is -0.143. The van der Waals surface area contributed by atoms with Crippen LogP contribution in [0.2, 0.25) is 0 Å². The Kier molecular flexibility index (Phi) is 12.3. The van der Waals surface area contributed by atoms with Gasteiger partial charge in [0.15, 0.2) is 0 Å². The van der Waals surface area contributed by atoms with Gasteiger partial charge in [-0.15, -0.1) is 0 Å². The topological polar surface area (TPSA) is 89.6 Å². The van der Waals surface area contributed by atoms with Crippen LogP contribution in [0.1, 0.15) is 43.0 Å². The van der Waals surface area contributed by atoms with E-state index >= 15 is 0 Å². The molecule has 222 valence electrons. The molecule has 0 aliphatic carbocycles. The Bertz CT molecular complexity index is 1390. The van der Waals surface area contributed by atoms with E-state index in [2.05, 4.69) is 0 Å². The van der Waals surface area contributed by atoms with Crippen LogP contribution in [0.25, 0.3) is 0 Å². The van der Waals surface area contributed by atoms with Crippen molar-refractivity contribution in [2.75, 3.05) is 6.54 Å². The summed E-state index contributed by atoms with van der Waals surface area (Å²) in [4.78, 5) is 20.5. The van der Waals surface area contributed by atoms with Crippen LogP contribution in [0, 0.1) is 6.92 Å². The molecule has 0 aromatic heterocycles. The molecule has 0 amide bonds. The summed E-state index contributed by atoms with van der Waals surface area (Å²) in [5.41, 5.74) is 4.49. The number of benzene rings is 4. The van der Waals surface area contributed by atoms with Crippen LogP contribution in [-0.2, 0) is 18.8 Å². The lowest BCUT2D eigenvalue weighted by atomic mass is 10.1. The molecule has 5 nitrogen and oxygen atoms in total. The number of halogens is 6. The van der Waals surface area contributed by atoms with Crippen LogP contribution in [-0.4, -0.2) is 23.9 Å². The van der Waals surface area contributed by atoms with Crippen molar-refractivity contribution < 1.29 is 45.8 Å². The van der Waals surface area contributed by atoms with Crippen molar-refractivity contribution in [2.45, 2.75) is 25.7 Å². The molecule has 0 spiro atoms. The fourth-order valence-corrected chi connectivity index (χ4v) is 3.26. The molecular formula is C31H27F6NO4. The molecule has 3 N–H and O–H groups in total. The van der Waals surface area contributed by atoms with Crippen molar-refractivity contribution in [2.24, 2.45) is 5.73 Å². The molecule has 0 heterocycles. The van der Waals surface area contributed by atoms with Crippen LogP contribution in [0.5, 0.6) is 11.5 Å². The van der Waals surface area contributed by atoms with Gasteiger partial charge in [-0.3, -0.25) is 4.79 Å². The number of aryl methyl sites for hydroxylation is 1. The molecule has 4 aromatic carbocycles. The molecule has 0 radical (unpaired) electrons. The molecule has 0 bridgehead atoms. The van der Waals surface area contributed by atoms with Gasteiger partial charge in [0.2, 0.25) is 0 Å². The quantitative estimate of drug-likeness (QED) is 0.174. The second-order valence-corrected chi connectivity index (χ2v) is 8.73. The molecule has 11 heteroatoms. The highest BCUT2D eigenvalue weighted by Crippen LogP contribution is 2.36. The molecule has 0 saturated heterocycles. The van der Waals surface area contributed by atoms with E-state index < -0.39 is 35.0 Å². The number of alkyl halides is 6. The Balaban J connectivity index is 0.000000227. The third-order valence-electron chi connectivity index (χ3n) is 5.38. The van der Waals surface area contributed by atoms with Gasteiger partial charge in [0.25, 0.3) is 0 Å². The Labute approximate surface area is 238 Å². The normalized spacial score (nSPS) is 10.9. The molecule has 0 aliphatic rings. The summed E-state index contributed by atoms with van der Waals surface area (Å²) >= 11 is 0. The summed E-state index contributed by atoms with van der Waals surface area (Å²) in [6.45, 7) is 2.60. The highest BCUT2D eigenvalue weighted by Gasteiger charge is 2.36. The summed E-state index contributed by atoms with van der Waals surface area (Å²) in [6.07, 6.45) is -8.99. The zero-order valence-electron chi connectivity index (χ0n) is 22.2. The van der Waals surface area contributed by atoms with Crippen LogP contribution >= 0.6 is 0 Å². The summed E-state index contributed by atoms with van der Waals surface area (Å²) in [6, 6.07) is 25.2. The molecule has 4 rings (SSSR count). The largest absolute Gasteiger partial charge is 0.478 e. The Morgan fingerprint density at radius 3 is 1.71 bits per heavy atom. The van der Waals surface area contributed by atoms with E-state index in [9.17, 15) is 35.9 Å². The zero-order chi connectivity index (χ0) is 31.3. The lowest BCUT2D eigenvalue weighted by Gasteiger charge is -2.12. The van der Waals surface area contributed by atoms with E-state index in [1.54, 1.807) is 24.3 Å². The average molecular weight is 592 g/mol. The number of rotatable bonds is 6. The number of hydrogen-bond acceptors (Lipinski definition) is 4. The molecule has 0 atom stereocenters. The molecular weight excluding hydrogens is 564 g/mol. The maximum Gasteiger partial charge on any atom is 0.416 e. The second-order valence-electron chi connectivity index (χ2n) is 8.73. The van der Waals surface area contributed by atoms with Crippen molar-refractivity contribution in [1.82, 2.24) is 0 Å². The number of carbonyl (C=O) groups excluding carboxylic acids is 1. The van der Waals surface area contributed by atoms with Gasteiger partial charge in [-0.25, -0.2) is 4.79 Å². The van der Waals surface area contributed by atoms with E-state index in [1.165, 1.54) is 5.56 Å². The van der Waals surface area contributed by atoms with Crippen LogP contribution < -0.4 is 10.5 Å². The first-order valence-electron chi connectivity index (χ1n) is 12.3. The van der Waals surface area contributed by atoms with Gasteiger partial charge in [0, 0.05) is 5.56 Å². The van der Waals surface area contributed by atoms with Crippen LogP contribution in [0.3, 0.4) is 0 Å². The number of nitrogens with two attached hydrogens (primary N) is 1. The lowest BCUT2D eigenvalue weighted by Crippen LogP contribution is -2.11. The second kappa shape index (κ2) is 15.4. The van der Waals surface area contributed by atoms with Gasteiger partial charge in [-0.1, -0.05) is 48.0 Å². The molecule has 42 heavy (non-hydrogen) atoms. The minimum absolute atomic E-state index is 0.0347. The maximum atomic E-state index is 12.2. The fourth-order valence-electron chi connectivity index (χ4n) is 3.26. The molecule has 0 unspecified atom stereocenters. The Morgan fingerprint density at radius 1 is 0.786 bits per heavy atom. The fraction of sp³-hybridized carbons (Fsp3) is 0.161. The van der Waals surface area contributed by atoms with E-state index in [1.807, 2.05) is 61.5 Å². The Morgan fingerprint density at radius 2 is 1.29 bits per heavy atom. The molecule has 0 fully saturated rings. The summed E-state index contributed by atoms with van der Waals surface area (Å²) in [5.74, 6) is 0.834. The number of ether oxygens (including phenoxy) is 1. The molecule has 0 aliphatic heterocycles. The number of carboxylic acid groups (broad SMARTS) is 1. The van der Waals surface area contributed by atoms with Crippen molar-refractivity contribution in [1.29, 1.82) is 0 Å².